The molecule has 1 aliphatic rings. The van der Waals surface area contributed by atoms with Crippen LogP contribution in [0.15, 0.2) is 23.1 Å². The molecule has 7 nitrogen and oxygen atoms in total. The summed E-state index contributed by atoms with van der Waals surface area (Å²) >= 11 is 0. The fourth-order valence-corrected chi connectivity index (χ4v) is 6.30. The van der Waals surface area contributed by atoms with Crippen molar-refractivity contribution in [1.29, 1.82) is 0 Å². The molecule has 1 aromatic carbocycles. The Morgan fingerprint density at radius 1 is 1.08 bits per heavy atom. The predicted octanol–water partition coefficient (Wildman–Crippen LogP) is 1.15. The standard InChI is InChI=1S/C15H23NO6S2/c1-11(2)10-23(17,18)13-8-16(9-13)24(19,20)12-5-6-14(21-3)15(7-12)22-4/h5-7,11,13H,8-10H2,1-4H3. The highest BCUT2D eigenvalue weighted by atomic mass is 32.2. The van der Waals surface area contributed by atoms with E-state index in [-0.39, 0.29) is 29.7 Å². The molecule has 0 amide bonds. The molecule has 0 spiro atoms. The molecule has 0 radical (unpaired) electrons. The minimum absolute atomic E-state index is 0.00820. The number of rotatable bonds is 7. The summed E-state index contributed by atoms with van der Waals surface area (Å²) in [4.78, 5) is 0.0554. The minimum Gasteiger partial charge on any atom is -0.493 e. The van der Waals surface area contributed by atoms with Crippen molar-refractivity contribution in [2.24, 2.45) is 5.92 Å². The van der Waals surface area contributed by atoms with Gasteiger partial charge in [0.05, 0.1) is 30.1 Å². The van der Waals surface area contributed by atoms with Crippen molar-refractivity contribution >= 4 is 19.9 Å². The maximum atomic E-state index is 12.6. The Bertz CT molecular complexity index is 795. The molecule has 24 heavy (non-hydrogen) atoms. The highest BCUT2D eigenvalue weighted by molar-refractivity contribution is 7.92. The lowest BCUT2D eigenvalue weighted by atomic mass is 10.3. The van der Waals surface area contributed by atoms with E-state index in [0.29, 0.717) is 11.5 Å². The molecule has 0 aliphatic carbocycles. The van der Waals surface area contributed by atoms with Gasteiger partial charge in [0.1, 0.15) is 0 Å². The molecule has 1 heterocycles. The Morgan fingerprint density at radius 3 is 2.17 bits per heavy atom. The van der Waals surface area contributed by atoms with Crippen molar-refractivity contribution in [3.8, 4) is 11.5 Å². The second kappa shape index (κ2) is 6.89. The van der Waals surface area contributed by atoms with Crippen LogP contribution in [0.1, 0.15) is 13.8 Å². The molecule has 0 aromatic heterocycles. The summed E-state index contributed by atoms with van der Waals surface area (Å²) in [6, 6.07) is 4.31. The highest BCUT2D eigenvalue weighted by Crippen LogP contribution is 2.32. The second-order valence-corrected chi connectivity index (χ2v) is 10.4. The molecule has 0 bridgehead atoms. The molecular weight excluding hydrogens is 354 g/mol. The van der Waals surface area contributed by atoms with Gasteiger partial charge in [0.2, 0.25) is 10.0 Å². The Hall–Kier alpha value is -1.32. The van der Waals surface area contributed by atoms with Gasteiger partial charge in [-0.15, -0.1) is 0 Å². The zero-order chi connectivity index (χ0) is 18.1. The average molecular weight is 377 g/mol. The second-order valence-electron chi connectivity index (χ2n) is 6.18. The molecule has 0 saturated carbocycles. The molecule has 0 atom stereocenters. The van der Waals surface area contributed by atoms with Crippen LogP contribution in [0.5, 0.6) is 11.5 Å². The average Bonchev–Trinajstić information content (AvgIpc) is 2.42. The third-order valence-corrected chi connectivity index (χ3v) is 8.15. The molecule has 0 N–H and O–H groups in total. The van der Waals surface area contributed by atoms with Gasteiger partial charge in [-0.3, -0.25) is 0 Å². The maximum absolute atomic E-state index is 12.6. The van der Waals surface area contributed by atoms with Crippen LogP contribution in [-0.4, -0.2) is 59.5 Å². The monoisotopic (exact) mass is 377 g/mol. The van der Waals surface area contributed by atoms with Crippen molar-refractivity contribution in [3.63, 3.8) is 0 Å². The lowest BCUT2D eigenvalue weighted by Crippen LogP contribution is -2.57. The number of ether oxygens (including phenoxy) is 2. The Balaban J connectivity index is 2.17. The lowest BCUT2D eigenvalue weighted by Gasteiger charge is -2.37. The molecule has 1 saturated heterocycles. The fourth-order valence-electron chi connectivity index (χ4n) is 2.55. The number of sulfonamides is 1. The molecule has 1 fully saturated rings. The van der Waals surface area contributed by atoms with Crippen molar-refractivity contribution in [3.05, 3.63) is 18.2 Å². The van der Waals surface area contributed by atoms with Crippen LogP contribution in [0.25, 0.3) is 0 Å². The number of benzene rings is 1. The van der Waals surface area contributed by atoms with Crippen molar-refractivity contribution < 1.29 is 26.3 Å². The maximum Gasteiger partial charge on any atom is 0.243 e. The molecule has 9 heteroatoms. The third-order valence-electron chi connectivity index (χ3n) is 3.88. The smallest absolute Gasteiger partial charge is 0.243 e. The van der Waals surface area contributed by atoms with E-state index >= 15 is 0 Å². The summed E-state index contributed by atoms with van der Waals surface area (Å²) in [5, 5.41) is -0.630. The van der Waals surface area contributed by atoms with Gasteiger partial charge in [-0.25, -0.2) is 16.8 Å². The van der Waals surface area contributed by atoms with Crippen LogP contribution in [0, 0.1) is 5.92 Å². The van der Waals surface area contributed by atoms with Gasteiger partial charge in [0.25, 0.3) is 0 Å². The van der Waals surface area contributed by atoms with E-state index in [1.807, 2.05) is 13.8 Å². The number of sulfone groups is 1. The summed E-state index contributed by atoms with van der Waals surface area (Å²) < 4.78 is 60.9. The summed E-state index contributed by atoms with van der Waals surface area (Å²) in [5.41, 5.74) is 0. The van der Waals surface area contributed by atoms with E-state index in [1.165, 1.54) is 36.7 Å². The van der Waals surface area contributed by atoms with Gasteiger partial charge in [-0.05, 0) is 18.1 Å². The van der Waals surface area contributed by atoms with Crippen LogP contribution >= 0.6 is 0 Å². The quantitative estimate of drug-likeness (QED) is 0.708. The normalized spacial score (nSPS) is 16.9. The first-order valence-electron chi connectivity index (χ1n) is 7.55. The predicted molar refractivity (Wildman–Crippen MR) is 90.7 cm³/mol. The first kappa shape index (κ1) is 19.0. The molecule has 1 aromatic rings. The van der Waals surface area contributed by atoms with Gasteiger partial charge < -0.3 is 9.47 Å². The molecule has 2 rings (SSSR count). The van der Waals surface area contributed by atoms with Crippen LogP contribution < -0.4 is 9.47 Å². The first-order valence-corrected chi connectivity index (χ1v) is 10.7. The topological polar surface area (TPSA) is 90.0 Å². The van der Waals surface area contributed by atoms with Gasteiger partial charge >= 0.3 is 0 Å². The van der Waals surface area contributed by atoms with E-state index in [0.717, 1.165) is 0 Å². The van der Waals surface area contributed by atoms with E-state index in [4.69, 9.17) is 9.47 Å². The SMILES string of the molecule is COc1ccc(S(=O)(=O)N2CC(S(=O)(=O)CC(C)C)C2)cc1OC. The highest BCUT2D eigenvalue weighted by Gasteiger charge is 2.43. The minimum atomic E-state index is -3.75. The van der Waals surface area contributed by atoms with Crippen molar-refractivity contribution in [2.75, 3.05) is 33.1 Å². The summed E-state index contributed by atoms with van der Waals surface area (Å²) in [5.74, 6) is 0.828. The Labute approximate surface area is 143 Å². The van der Waals surface area contributed by atoms with Crippen molar-refractivity contribution in [1.82, 2.24) is 4.31 Å². The zero-order valence-corrected chi connectivity index (χ0v) is 15.9. The van der Waals surface area contributed by atoms with Gasteiger partial charge in [-0.1, -0.05) is 13.8 Å². The van der Waals surface area contributed by atoms with E-state index in [1.54, 1.807) is 0 Å². The van der Waals surface area contributed by atoms with Crippen LogP contribution in [-0.2, 0) is 19.9 Å². The number of hydrogen-bond donors (Lipinski definition) is 0. The number of nitrogens with zero attached hydrogens (tertiary/aromatic N) is 1. The number of hydrogen-bond acceptors (Lipinski definition) is 6. The van der Waals surface area contributed by atoms with E-state index in [9.17, 15) is 16.8 Å². The van der Waals surface area contributed by atoms with E-state index in [2.05, 4.69) is 0 Å². The lowest BCUT2D eigenvalue weighted by molar-refractivity contribution is 0.308. The van der Waals surface area contributed by atoms with Crippen LogP contribution in [0.4, 0.5) is 0 Å². The van der Waals surface area contributed by atoms with Gasteiger partial charge in [0, 0.05) is 19.2 Å². The molecule has 136 valence electrons. The summed E-state index contributed by atoms with van der Waals surface area (Å²) in [6.45, 7) is 3.64. The largest absolute Gasteiger partial charge is 0.493 e. The van der Waals surface area contributed by atoms with Gasteiger partial charge in [-0.2, -0.15) is 4.31 Å². The molecule has 1 aliphatic heterocycles. The van der Waals surface area contributed by atoms with Crippen LogP contribution in [0.2, 0.25) is 0 Å². The summed E-state index contributed by atoms with van der Waals surface area (Å²) in [7, 11) is -4.13. The molecule has 0 unspecified atom stereocenters. The number of methoxy groups -OCH3 is 2. The Kier molecular flexibility index (Phi) is 5.46. The fraction of sp³-hybridized carbons (Fsp3) is 0.600. The third kappa shape index (κ3) is 3.68. The van der Waals surface area contributed by atoms with Crippen molar-refractivity contribution in [2.45, 2.75) is 24.0 Å². The Morgan fingerprint density at radius 2 is 1.67 bits per heavy atom. The zero-order valence-electron chi connectivity index (χ0n) is 14.2. The van der Waals surface area contributed by atoms with Gasteiger partial charge in [0.15, 0.2) is 21.3 Å². The van der Waals surface area contributed by atoms with E-state index < -0.39 is 25.1 Å². The van der Waals surface area contributed by atoms with Crippen LogP contribution in [0.3, 0.4) is 0 Å². The first-order chi connectivity index (χ1) is 11.1. The summed E-state index contributed by atoms with van der Waals surface area (Å²) in [6.07, 6.45) is 0. The molecular formula is C15H23NO6S2.